The minimum absolute atomic E-state index is 0.0993. The van der Waals surface area contributed by atoms with Gasteiger partial charge in [-0.1, -0.05) is 30.7 Å². The van der Waals surface area contributed by atoms with E-state index in [-0.39, 0.29) is 18.5 Å². The lowest BCUT2D eigenvalue weighted by Crippen LogP contribution is -2.16. The Bertz CT molecular complexity index is 368. The van der Waals surface area contributed by atoms with Crippen LogP contribution in [-0.4, -0.2) is 12.5 Å². The van der Waals surface area contributed by atoms with Crippen LogP contribution in [0.1, 0.15) is 25.3 Å². The fraction of sp³-hybridized carbons (Fsp3) is 0.462. The molecule has 1 unspecified atom stereocenters. The van der Waals surface area contributed by atoms with E-state index >= 15 is 0 Å². The number of hydrogen-bond acceptors (Lipinski definition) is 3. The van der Waals surface area contributed by atoms with Crippen LogP contribution in [0.15, 0.2) is 24.3 Å². The Hall–Kier alpha value is -1.06. The van der Waals surface area contributed by atoms with Gasteiger partial charge in [-0.3, -0.25) is 4.79 Å². The van der Waals surface area contributed by atoms with E-state index < -0.39 is 0 Å². The number of carbonyl (C=O) groups excluding carboxylic acids is 1. The van der Waals surface area contributed by atoms with Crippen LogP contribution in [0.2, 0.25) is 5.02 Å². The lowest BCUT2D eigenvalue weighted by molar-refractivity contribution is -0.149. The van der Waals surface area contributed by atoms with Crippen molar-refractivity contribution in [3.05, 3.63) is 34.9 Å². The molecular weight excluding hydrogens is 238 g/mol. The van der Waals surface area contributed by atoms with Gasteiger partial charge in [0, 0.05) is 5.02 Å². The molecule has 0 bridgehead atoms. The van der Waals surface area contributed by atoms with Gasteiger partial charge in [0.1, 0.15) is 6.61 Å². The third-order valence-electron chi connectivity index (χ3n) is 2.51. The third-order valence-corrected chi connectivity index (χ3v) is 2.75. The van der Waals surface area contributed by atoms with Crippen LogP contribution in [0, 0.1) is 5.92 Å². The second-order valence-electron chi connectivity index (χ2n) is 4.07. The fourth-order valence-electron chi connectivity index (χ4n) is 1.47. The molecule has 0 radical (unpaired) electrons. The van der Waals surface area contributed by atoms with Crippen molar-refractivity contribution in [2.24, 2.45) is 11.7 Å². The molecule has 0 saturated heterocycles. The number of carbonyl (C=O) groups is 1. The molecule has 0 heterocycles. The van der Waals surface area contributed by atoms with E-state index in [4.69, 9.17) is 22.1 Å². The Balaban J connectivity index is 2.37. The average molecular weight is 256 g/mol. The van der Waals surface area contributed by atoms with Gasteiger partial charge in [0.15, 0.2) is 0 Å². The lowest BCUT2D eigenvalue weighted by atomic mass is 10.1. The molecule has 0 aliphatic carbocycles. The van der Waals surface area contributed by atoms with Crippen LogP contribution >= 0.6 is 11.6 Å². The molecule has 2 N–H and O–H groups in total. The fourth-order valence-corrected chi connectivity index (χ4v) is 1.68. The van der Waals surface area contributed by atoms with E-state index in [2.05, 4.69) is 0 Å². The predicted octanol–water partition coefficient (Wildman–Crippen LogP) is 2.76. The first kappa shape index (κ1) is 14.0. The van der Waals surface area contributed by atoms with Crippen LogP contribution in [0.5, 0.6) is 0 Å². The highest BCUT2D eigenvalue weighted by molar-refractivity contribution is 6.30. The number of hydrogen-bond donors (Lipinski definition) is 1. The molecule has 0 saturated carbocycles. The van der Waals surface area contributed by atoms with E-state index in [1.807, 2.05) is 19.1 Å². The summed E-state index contributed by atoms with van der Waals surface area (Å²) in [4.78, 5) is 11.6. The summed E-state index contributed by atoms with van der Waals surface area (Å²) in [6.45, 7) is 2.73. The Morgan fingerprint density at radius 2 is 2.29 bits per heavy atom. The Morgan fingerprint density at radius 3 is 2.94 bits per heavy atom. The highest BCUT2D eigenvalue weighted by Crippen LogP contribution is 2.13. The van der Waals surface area contributed by atoms with Crippen molar-refractivity contribution in [2.45, 2.75) is 26.4 Å². The monoisotopic (exact) mass is 255 g/mol. The van der Waals surface area contributed by atoms with Crippen molar-refractivity contribution in [3.8, 4) is 0 Å². The van der Waals surface area contributed by atoms with Gasteiger partial charge in [-0.2, -0.15) is 0 Å². The zero-order chi connectivity index (χ0) is 12.7. The minimum Gasteiger partial charge on any atom is -0.461 e. The van der Waals surface area contributed by atoms with E-state index in [1.54, 1.807) is 12.1 Å². The SMILES string of the molecule is CC(CCCN)C(=O)OCc1cccc(Cl)c1. The van der Waals surface area contributed by atoms with Crippen molar-refractivity contribution in [2.75, 3.05) is 6.54 Å². The second-order valence-corrected chi connectivity index (χ2v) is 4.51. The van der Waals surface area contributed by atoms with Crippen LogP contribution < -0.4 is 5.73 Å². The van der Waals surface area contributed by atoms with Gasteiger partial charge in [-0.05, 0) is 37.1 Å². The standard InChI is InChI=1S/C13H18ClNO2/c1-10(4-3-7-15)13(16)17-9-11-5-2-6-12(14)8-11/h2,5-6,8,10H,3-4,7,9,15H2,1H3. The second kappa shape index (κ2) is 7.30. The molecule has 0 aliphatic rings. The number of rotatable bonds is 6. The molecule has 17 heavy (non-hydrogen) atoms. The quantitative estimate of drug-likeness (QED) is 0.796. The Morgan fingerprint density at radius 1 is 1.53 bits per heavy atom. The van der Waals surface area contributed by atoms with Gasteiger partial charge in [0.05, 0.1) is 5.92 Å². The molecule has 1 rings (SSSR count). The molecule has 0 amide bonds. The summed E-state index contributed by atoms with van der Waals surface area (Å²) < 4.78 is 5.20. The molecule has 1 aromatic carbocycles. The highest BCUT2D eigenvalue weighted by atomic mass is 35.5. The molecule has 94 valence electrons. The van der Waals surface area contributed by atoms with Gasteiger partial charge in [-0.15, -0.1) is 0 Å². The first-order chi connectivity index (χ1) is 8.13. The van der Waals surface area contributed by atoms with Crippen LogP contribution in [0.4, 0.5) is 0 Å². The summed E-state index contributed by atoms with van der Waals surface area (Å²) in [6.07, 6.45) is 1.61. The Labute approximate surface area is 107 Å². The Kier molecular flexibility index (Phi) is 6.01. The summed E-state index contributed by atoms with van der Waals surface area (Å²) in [7, 11) is 0. The lowest BCUT2D eigenvalue weighted by Gasteiger charge is -2.10. The van der Waals surface area contributed by atoms with Crippen molar-refractivity contribution >= 4 is 17.6 Å². The molecule has 1 atom stereocenters. The summed E-state index contributed by atoms with van der Waals surface area (Å²) in [6, 6.07) is 7.29. The normalized spacial score (nSPS) is 12.2. The summed E-state index contributed by atoms with van der Waals surface area (Å²) >= 11 is 5.84. The number of benzene rings is 1. The van der Waals surface area contributed by atoms with Crippen LogP contribution in [-0.2, 0) is 16.1 Å². The van der Waals surface area contributed by atoms with Gasteiger partial charge in [-0.25, -0.2) is 0 Å². The maximum absolute atomic E-state index is 11.6. The van der Waals surface area contributed by atoms with E-state index in [0.29, 0.717) is 11.6 Å². The third kappa shape index (κ3) is 5.20. The molecule has 4 heteroatoms. The number of halogens is 1. The van der Waals surface area contributed by atoms with Crippen molar-refractivity contribution in [1.29, 1.82) is 0 Å². The van der Waals surface area contributed by atoms with Crippen molar-refractivity contribution in [3.63, 3.8) is 0 Å². The van der Waals surface area contributed by atoms with E-state index in [9.17, 15) is 4.79 Å². The molecule has 0 aliphatic heterocycles. The highest BCUT2D eigenvalue weighted by Gasteiger charge is 2.13. The summed E-state index contributed by atoms with van der Waals surface area (Å²) in [5.74, 6) is -0.281. The number of esters is 1. The molecule has 1 aromatic rings. The van der Waals surface area contributed by atoms with Crippen LogP contribution in [0.3, 0.4) is 0 Å². The van der Waals surface area contributed by atoms with Gasteiger partial charge in [0.2, 0.25) is 0 Å². The zero-order valence-electron chi connectivity index (χ0n) is 9.99. The predicted molar refractivity (Wildman–Crippen MR) is 68.7 cm³/mol. The van der Waals surface area contributed by atoms with Crippen LogP contribution in [0.25, 0.3) is 0 Å². The zero-order valence-corrected chi connectivity index (χ0v) is 10.7. The van der Waals surface area contributed by atoms with Crippen molar-refractivity contribution in [1.82, 2.24) is 0 Å². The topological polar surface area (TPSA) is 52.3 Å². The minimum atomic E-state index is -0.182. The van der Waals surface area contributed by atoms with E-state index in [1.165, 1.54) is 0 Å². The summed E-state index contributed by atoms with van der Waals surface area (Å²) in [5, 5.41) is 0.648. The molecule has 3 nitrogen and oxygen atoms in total. The first-order valence-electron chi connectivity index (χ1n) is 5.74. The first-order valence-corrected chi connectivity index (χ1v) is 6.12. The van der Waals surface area contributed by atoms with Gasteiger partial charge < -0.3 is 10.5 Å². The van der Waals surface area contributed by atoms with Gasteiger partial charge in [0.25, 0.3) is 0 Å². The largest absolute Gasteiger partial charge is 0.461 e. The molecule has 0 spiro atoms. The molecular formula is C13H18ClNO2. The van der Waals surface area contributed by atoms with E-state index in [0.717, 1.165) is 18.4 Å². The molecule has 0 aromatic heterocycles. The van der Waals surface area contributed by atoms with Gasteiger partial charge >= 0.3 is 5.97 Å². The average Bonchev–Trinajstić information content (AvgIpc) is 2.33. The molecule has 0 fully saturated rings. The maximum atomic E-state index is 11.6. The summed E-state index contributed by atoms with van der Waals surface area (Å²) in [5.41, 5.74) is 6.29. The van der Waals surface area contributed by atoms with Crippen molar-refractivity contribution < 1.29 is 9.53 Å². The smallest absolute Gasteiger partial charge is 0.308 e. The maximum Gasteiger partial charge on any atom is 0.308 e. The number of ether oxygens (including phenoxy) is 1. The number of nitrogens with two attached hydrogens (primary N) is 1.